The summed E-state index contributed by atoms with van der Waals surface area (Å²) in [5.74, 6) is -1.95. The van der Waals surface area contributed by atoms with Crippen LogP contribution in [-0.4, -0.2) is 45.4 Å². The highest BCUT2D eigenvalue weighted by atomic mass is 19.3. The summed E-state index contributed by atoms with van der Waals surface area (Å²) in [6.07, 6.45) is 0.899. The van der Waals surface area contributed by atoms with Crippen LogP contribution < -0.4 is 0 Å². The third-order valence-corrected chi connectivity index (χ3v) is 2.29. The lowest BCUT2D eigenvalue weighted by Crippen LogP contribution is -2.35. The Morgan fingerprint density at radius 3 is 2.68 bits per heavy atom. The van der Waals surface area contributed by atoms with Crippen molar-refractivity contribution in [3.05, 3.63) is 11.9 Å². The number of ether oxygens (including phenoxy) is 1. The predicted molar refractivity (Wildman–Crippen MR) is 59.0 cm³/mol. The number of esters is 1. The fourth-order valence-corrected chi connectivity index (χ4v) is 1.17. The van der Waals surface area contributed by atoms with E-state index in [1.54, 1.807) is 0 Å². The van der Waals surface area contributed by atoms with Crippen LogP contribution in [0.15, 0.2) is 6.20 Å². The van der Waals surface area contributed by atoms with E-state index in [9.17, 15) is 18.4 Å². The van der Waals surface area contributed by atoms with Crippen molar-refractivity contribution >= 4 is 11.9 Å². The summed E-state index contributed by atoms with van der Waals surface area (Å²) in [5.41, 5.74) is 0.140. The van der Waals surface area contributed by atoms with Crippen LogP contribution in [-0.2, 0) is 26.9 Å². The number of amides is 1. The van der Waals surface area contributed by atoms with Gasteiger partial charge in [-0.1, -0.05) is 5.21 Å². The van der Waals surface area contributed by atoms with Gasteiger partial charge < -0.3 is 9.64 Å². The molecular formula is C10H14F2N4O3. The van der Waals surface area contributed by atoms with Gasteiger partial charge in [0.15, 0.2) is 0 Å². The van der Waals surface area contributed by atoms with Crippen molar-refractivity contribution in [1.29, 1.82) is 0 Å². The summed E-state index contributed by atoms with van der Waals surface area (Å²) in [5, 5.41) is 6.66. The molecule has 1 rings (SSSR count). The minimum absolute atomic E-state index is 0.0221. The molecule has 0 saturated carbocycles. The first-order valence-electron chi connectivity index (χ1n) is 5.47. The number of carbonyl (C=O) groups is 2. The fraction of sp³-hybridized carbons (Fsp3) is 0.600. The molecule has 1 aromatic rings. The van der Waals surface area contributed by atoms with Crippen LogP contribution in [0.2, 0.25) is 0 Å². The number of hydrogen-bond acceptors (Lipinski definition) is 5. The quantitative estimate of drug-likeness (QED) is 0.726. The average Bonchev–Trinajstić information content (AvgIpc) is 2.78. The first-order valence-corrected chi connectivity index (χ1v) is 5.47. The van der Waals surface area contributed by atoms with Crippen molar-refractivity contribution in [1.82, 2.24) is 19.9 Å². The van der Waals surface area contributed by atoms with Crippen molar-refractivity contribution in [3.8, 4) is 0 Å². The molecule has 0 N–H and O–H groups in total. The second-order valence-corrected chi connectivity index (χ2v) is 3.79. The fourth-order valence-electron chi connectivity index (χ4n) is 1.17. The van der Waals surface area contributed by atoms with Crippen molar-refractivity contribution in [2.24, 2.45) is 0 Å². The summed E-state index contributed by atoms with van der Waals surface area (Å²) >= 11 is 0. The highest BCUT2D eigenvalue weighted by molar-refractivity contribution is 5.75. The zero-order chi connectivity index (χ0) is 14.6. The molecule has 0 aliphatic heterocycles. The van der Waals surface area contributed by atoms with E-state index in [0.717, 1.165) is 6.20 Å². The lowest BCUT2D eigenvalue weighted by Gasteiger charge is -2.14. The lowest BCUT2D eigenvalue weighted by atomic mass is 10.4. The number of alkyl halides is 2. The average molecular weight is 276 g/mol. The number of nitrogens with zero attached hydrogens (tertiary/aromatic N) is 4. The molecule has 0 aliphatic rings. The molecule has 0 fully saturated rings. The van der Waals surface area contributed by atoms with Gasteiger partial charge in [0.2, 0.25) is 5.91 Å². The molecule has 0 radical (unpaired) electrons. The maximum Gasteiger partial charge on any atom is 0.443 e. The van der Waals surface area contributed by atoms with Crippen molar-refractivity contribution < 1.29 is 23.1 Å². The molecule has 1 aromatic heterocycles. The van der Waals surface area contributed by atoms with Crippen LogP contribution in [0, 0.1) is 0 Å². The predicted octanol–water partition coefficient (Wildman–Crippen LogP) is 0.369. The normalized spacial score (nSPS) is 11.2. The van der Waals surface area contributed by atoms with Crippen molar-refractivity contribution in [2.75, 3.05) is 13.7 Å². The minimum Gasteiger partial charge on any atom is -0.460 e. The number of halogens is 2. The van der Waals surface area contributed by atoms with Gasteiger partial charge in [0, 0.05) is 14.0 Å². The maximum atomic E-state index is 13.6. The van der Waals surface area contributed by atoms with E-state index in [1.807, 2.05) is 0 Å². The Hall–Kier alpha value is -2.06. The van der Waals surface area contributed by atoms with Gasteiger partial charge in [-0.3, -0.25) is 4.79 Å². The van der Waals surface area contributed by atoms with Gasteiger partial charge in [-0.2, -0.15) is 13.5 Å². The molecule has 0 spiro atoms. The number of rotatable bonds is 5. The SMILES string of the molecule is CCOC(=O)C(F)(F)n1cc(CN(C)C(C)=O)nn1. The van der Waals surface area contributed by atoms with E-state index in [-0.39, 0.29) is 29.4 Å². The maximum absolute atomic E-state index is 13.6. The molecule has 0 aliphatic carbocycles. The largest absolute Gasteiger partial charge is 0.460 e. The van der Waals surface area contributed by atoms with Gasteiger partial charge in [0.05, 0.1) is 19.3 Å². The van der Waals surface area contributed by atoms with Crippen LogP contribution in [0.5, 0.6) is 0 Å². The lowest BCUT2D eigenvalue weighted by molar-refractivity contribution is -0.190. The Morgan fingerprint density at radius 1 is 1.53 bits per heavy atom. The van der Waals surface area contributed by atoms with E-state index in [4.69, 9.17) is 0 Å². The summed E-state index contributed by atoms with van der Waals surface area (Å²) in [4.78, 5) is 23.3. The number of carbonyl (C=O) groups excluding carboxylic acids is 2. The summed E-state index contributed by atoms with van der Waals surface area (Å²) in [6.45, 7) is 2.61. The Labute approximate surface area is 108 Å². The zero-order valence-corrected chi connectivity index (χ0v) is 10.8. The molecule has 1 heterocycles. The molecular weight excluding hydrogens is 262 g/mol. The third kappa shape index (κ3) is 3.46. The Kier molecular flexibility index (Phi) is 4.52. The van der Waals surface area contributed by atoms with Gasteiger partial charge in [-0.15, -0.1) is 5.10 Å². The topological polar surface area (TPSA) is 77.3 Å². The van der Waals surface area contributed by atoms with Crippen LogP contribution in [0.4, 0.5) is 8.78 Å². The van der Waals surface area contributed by atoms with Gasteiger partial charge in [-0.05, 0) is 6.92 Å². The van der Waals surface area contributed by atoms with Gasteiger partial charge in [0.25, 0.3) is 0 Å². The van der Waals surface area contributed by atoms with Crippen LogP contribution >= 0.6 is 0 Å². The first-order chi connectivity index (χ1) is 8.78. The molecule has 0 bridgehead atoms. The molecule has 7 nitrogen and oxygen atoms in total. The summed E-state index contributed by atoms with van der Waals surface area (Å²) < 4.78 is 31.5. The molecule has 0 unspecified atom stereocenters. The Morgan fingerprint density at radius 2 is 2.16 bits per heavy atom. The Bertz CT molecular complexity index is 475. The summed E-state index contributed by atoms with van der Waals surface area (Å²) in [7, 11) is 1.49. The summed E-state index contributed by atoms with van der Waals surface area (Å²) in [6, 6.07) is -3.92. The van der Waals surface area contributed by atoms with Crippen LogP contribution in [0.1, 0.15) is 19.5 Å². The molecule has 1 amide bonds. The molecule has 106 valence electrons. The smallest absolute Gasteiger partial charge is 0.443 e. The second-order valence-electron chi connectivity index (χ2n) is 3.79. The van der Waals surface area contributed by atoms with Crippen LogP contribution in [0.3, 0.4) is 0 Å². The molecule has 0 saturated heterocycles. The molecule has 9 heteroatoms. The second kappa shape index (κ2) is 5.72. The zero-order valence-electron chi connectivity index (χ0n) is 10.8. The molecule has 19 heavy (non-hydrogen) atoms. The van der Waals surface area contributed by atoms with Crippen LogP contribution in [0.25, 0.3) is 0 Å². The highest BCUT2D eigenvalue weighted by Gasteiger charge is 2.44. The first kappa shape index (κ1) is 15.0. The van der Waals surface area contributed by atoms with E-state index in [1.165, 1.54) is 25.8 Å². The minimum atomic E-state index is -3.92. The van der Waals surface area contributed by atoms with Gasteiger partial charge in [0.1, 0.15) is 5.69 Å². The van der Waals surface area contributed by atoms with E-state index in [2.05, 4.69) is 15.0 Å². The number of aromatic nitrogens is 3. The highest BCUT2D eigenvalue weighted by Crippen LogP contribution is 2.21. The van der Waals surface area contributed by atoms with Crippen molar-refractivity contribution in [2.45, 2.75) is 26.4 Å². The van der Waals surface area contributed by atoms with Crippen molar-refractivity contribution in [3.63, 3.8) is 0 Å². The van der Waals surface area contributed by atoms with Gasteiger partial charge in [-0.25, -0.2) is 4.79 Å². The monoisotopic (exact) mass is 276 g/mol. The van der Waals surface area contributed by atoms with E-state index >= 15 is 0 Å². The third-order valence-electron chi connectivity index (χ3n) is 2.29. The standard InChI is InChI=1S/C10H14F2N4O3/c1-4-19-9(18)10(11,12)16-6-8(13-14-16)5-15(3)7(2)17/h6H,4-5H2,1-3H3. The number of hydrogen-bond donors (Lipinski definition) is 0. The van der Waals surface area contributed by atoms with Gasteiger partial charge >= 0.3 is 12.0 Å². The Balaban J connectivity index is 2.84. The van der Waals surface area contributed by atoms with E-state index < -0.39 is 12.0 Å². The molecule has 0 aromatic carbocycles. The van der Waals surface area contributed by atoms with E-state index in [0.29, 0.717) is 0 Å². The molecule has 0 atom stereocenters.